The van der Waals surface area contributed by atoms with E-state index in [9.17, 15) is 8.78 Å². The normalized spacial score (nSPS) is 21.1. The Morgan fingerprint density at radius 3 is 2.51 bits per heavy atom. The van der Waals surface area contributed by atoms with Crippen LogP contribution in [0.25, 0.3) is 0 Å². The maximum atomic E-state index is 14.3. The summed E-state index contributed by atoms with van der Waals surface area (Å²) in [5, 5.41) is 4.08. The quantitative estimate of drug-likeness (QED) is 0.419. The number of anilines is 2. The first kappa shape index (κ1) is 27.2. The highest BCUT2D eigenvalue weighted by Gasteiger charge is 2.34. The van der Waals surface area contributed by atoms with E-state index < -0.39 is 11.6 Å². The standard InChI is InChI=1S/C28H37F2N7O2/c1-17(2)26-34-28(39-35-26)36-9-6-19(7-10-36)18(3)8-11-38-21-13-32-27(33-14-21)37-15-23(25(31)16-37)22-12-20(29)4-5-24(22)30/h4-5,12-14,17-19,23,25H,6-11,15-16,31H2,1-3H3/t18-,23-,25+/m1/s1. The van der Waals surface area contributed by atoms with Crippen molar-refractivity contribution < 1.29 is 18.0 Å². The molecule has 0 spiro atoms. The Bertz CT molecular complexity index is 1230. The number of rotatable bonds is 9. The van der Waals surface area contributed by atoms with E-state index in [0.717, 1.165) is 50.3 Å². The fraction of sp³-hybridized carbons (Fsp3) is 0.571. The van der Waals surface area contributed by atoms with Crippen LogP contribution in [0.5, 0.6) is 5.75 Å². The second-order valence-electron chi connectivity index (χ2n) is 11.1. The van der Waals surface area contributed by atoms with Crippen LogP contribution in [0.4, 0.5) is 20.7 Å². The zero-order chi connectivity index (χ0) is 27.5. The Kier molecular flexibility index (Phi) is 8.25. The van der Waals surface area contributed by atoms with Gasteiger partial charge in [-0.15, -0.1) is 0 Å². The highest BCUT2D eigenvalue weighted by molar-refractivity contribution is 5.39. The highest BCUT2D eigenvalue weighted by atomic mass is 19.1. The third-order valence-corrected chi connectivity index (χ3v) is 8.02. The average molecular weight is 542 g/mol. The molecule has 0 amide bonds. The van der Waals surface area contributed by atoms with Gasteiger partial charge in [-0.3, -0.25) is 0 Å². The van der Waals surface area contributed by atoms with Crippen molar-refractivity contribution in [2.75, 3.05) is 42.6 Å². The zero-order valence-corrected chi connectivity index (χ0v) is 22.8. The molecule has 2 aliphatic heterocycles. The largest absolute Gasteiger partial charge is 0.490 e. The molecule has 3 atom stereocenters. The van der Waals surface area contributed by atoms with Gasteiger partial charge in [-0.25, -0.2) is 18.7 Å². The Balaban J connectivity index is 1.07. The summed E-state index contributed by atoms with van der Waals surface area (Å²) in [5.74, 6) is 1.99. The summed E-state index contributed by atoms with van der Waals surface area (Å²) in [4.78, 5) is 17.5. The SMILES string of the molecule is CC(C)c1noc(N2CCC([C@H](C)CCOc3cnc(N4C[C@H](c5cc(F)ccc5F)[C@@H](N)C4)nc3)CC2)n1. The highest BCUT2D eigenvalue weighted by Crippen LogP contribution is 2.32. The molecule has 4 heterocycles. The van der Waals surface area contributed by atoms with Gasteiger partial charge < -0.3 is 24.8 Å². The van der Waals surface area contributed by atoms with E-state index in [4.69, 9.17) is 15.0 Å². The predicted octanol–water partition coefficient (Wildman–Crippen LogP) is 4.51. The molecule has 11 heteroatoms. The lowest BCUT2D eigenvalue weighted by atomic mass is 9.84. The molecule has 2 saturated heterocycles. The predicted molar refractivity (Wildman–Crippen MR) is 144 cm³/mol. The van der Waals surface area contributed by atoms with E-state index in [1.165, 1.54) is 6.07 Å². The van der Waals surface area contributed by atoms with Crippen LogP contribution in [0.2, 0.25) is 0 Å². The maximum Gasteiger partial charge on any atom is 0.324 e. The van der Waals surface area contributed by atoms with E-state index >= 15 is 0 Å². The first-order valence-electron chi connectivity index (χ1n) is 13.8. The number of aromatic nitrogens is 4. The Morgan fingerprint density at radius 2 is 1.82 bits per heavy atom. The first-order valence-corrected chi connectivity index (χ1v) is 13.8. The van der Waals surface area contributed by atoms with E-state index in [1.54, 1.807) is 12.4 Å². The minimum Gasteiger partial charge on any atom is -0.490 e. The van der Waals surface area contributed by atoms with Crippen LogP contribution >= 0.6 is 0 Å². The number of piperidine rings is 1. The molecule has 0 aliphatic carbocycles. The Labute approximate surface area is 227 Å². The van der Waals surface area contributed by atoms with E-state index in [2.05, 4.69) is 45.8 Å². The fourth-order valence-electron chi connectivity index (χ4n) is 5.51. The van der Waals surface area contributed by atoms with Gasteiger partial charge >= 0.3 is 6.01 Å². The van der Waals surface area contributed by atoms with Gasteiger partial charge in [0.25, 0.3) is 0 Å². The van der Waals surface area contributed by atoms with Crippen molar-refractivity contribution in [1.29, 1.82) is 0 Å². The number of halogens is 2. The summed E-state index contributed by atoms with van der Waals surface area (Å²) < 4.78 is 39.4. The van der Waals surface area contributed by atoms with E-state index in [0.29, 0.717) is 54.8 Å². The third-order valence-electron chi connectivity index (χ3n) is 8.02. The van der Waals surface area contributed by atoms with Crippen molar-refractivity contribution in [2.45, 2.75) is 57.9 Å². The molecule has 0 saturated carbocycles. The van der Waals surface area contributed by atoms with Gasteiger partial charge in [0.05, 0.1) is 19.0 Å². The molecular weight excluding hydrogens is 504 g/mol. The third kappa shape index (κ3) is 6.29. The van der Waals surface area contributed by atoms with Gasteiger partial charge in [-0.2, -0.15) is 4.98 Å². The van der Waals surface area contributed by atoms with Gasteiger partial charge in [-0.1, -0.05) is 25.9 Å². The molecule has 2 aliphatic rings. The smallest absolute Gasteiger partial charge is 0.324 e. The molecule has 39 heavy (non-hydrogen) atoms. The van der Waals surface area contributed by atoms with Crippen LogP contribution < -0.4 is 20.3 Å². The van der Waals surface area contributed by atoms with Crippen molar-refractivity contribution in [1.82, 2.24) is 20.1 Å². The minimum atomic E-state index is -0.474. The van der Waals surface area contributed by atoms with Gasteiger partial charge in [0.1, 0.15) is 11.6 Å². The maximum absolute atomic E-state index is 14.3. The number of nitrogens with two attached hydrogens (primary N) is 1. The second-order valence-corrected chi connectivity index (χ2v) is 11.1. The monoisotopic (exact) mass is 541 g/mol. The number of ether oxygens (including phenoxy) is 1. The van der Waals surface area contributed by atoms with Crippen molar-refractivity contribution in [2.24, 2.45) is 17.6 Å². The zero-order valence-electron chi connectivity index (χ0n) is 22.8. The van der Waals surface area contributed by atoms with Crippen molar-refractivity contribution in [3.63, 3.8) is 0 Å². The molecule has 0 unspecified atom stereocenters. The summed E-state index contributed by atoms with van der Waals surface area (Å²) in [6.45, 7) is 9.69. The summed E-state index contributed by atoms with van der Waals surface area (Å²) in [6.07, 6.45) is 6.41. The van der Waals surface area contributed by atoms with Gasteiger partial charge in [0.15, 0.2) is 11.6 Å². The summed E-state index contributed by atoms with van der Waals surface area (Å²) in [5.41, 5.74) is 6.56. The number of nitrogens with zero attached hydrogens (tertiary/aromatic N) is 6. The molecular formula is C28H37F2N7O2. The topological polar surface area (TPSA) is 106 Å². The van der Waals surface area contributed by atoms with Crippen molar-refractivity contribution in [3.8, 4) is 5.75 Å². The molecule has 9 nitrogen and oxygen atoms in total. The molecule has 5 rings (SSSR count). The van der Waals surface area contributed by atoms with E-state index in [1.807, 2.05) is 4.90 Å². The lowest BCUT2D eigenvalue weighted by Crippen LogP contribution is -2.36. The van der Waals surface area contributed by atoms with Gasteiger partial charge in [-0.05, 0) is 54.9 Å². The Morgan fingerprint density at radius 1 is 1.08 bits per heavy atom. The van der Waals surface area contributed by atoms with Crippen LogP contribution in [0, 0.1) is 23.5 Å². The van der Waals surface area contributed by atoms with Crippen molar-refractivity contribution in [3.05, 3.63) is 53.6 Å². The van der Waals surface area contributed by atoms with Crippen LogP contribution in [0.1, 0.15) is 63.3 Å². The van der Waals surface area contributed by atoms with Crippen LogP contribution in [-0.4, -0.2) is 58.9 Å². The van der Waals surface area contributed by atoms with Gasteiger partial charge in [0.2, 0.25) is 5.95 Å². The average Bonchev–Trinajstić information content (AvgIpc) is 3.58. The summed E-state index contributed by atoms with van der Waals surface area (Å²) >= 11 is 0. The number of benzene rings is 1. The second kappa shape index (κ2) is 11.8. The molecule has 0 bridgehead atoms. The molecule has 2 N–H and O–H groups in total. The molecule has 2 fully saturated rings. The lowest BCUT2D eigenvalue weighted by Gasteiger charge is -2.33. The number of hydrogen-bond donors (Lipinski definition) is 1. The molecule has 210 valence electrons. The first-order chi connectivity index (χ1) is 18.8. The van der Waals surface area contributed by atoms with Crippen LogP contribution in [-0.2, 0) is 0 Å². The van der Waals surface area contributed by atoms with Crippen molar-refractivity contribution >= 4 is 12.0 Å². The van der Waals surface area contributed by atoms with Crippen LogP contribution in [0.3, 0.4) is 0 Å². The lowest BCUT2D eigenvalue weighted by molar-refractivity contribution is 0.219. The molecule has 2 aromatic heterocycles. The van der Waals surface area contributed by atoms with Gasteiger partial charge in [0, 0.05) is 44.1 Å². The van der Waals surface area contributed by atoms with Crippen LogP contribution in [0.15, 0.2) is 35.1 Å². The molecule has 1 aromatic carbocycles. The molecule has 3 aromatic rings. The summed E-state index contributed by atoms with van der Waals surface area (Å²) in [7, 11) is 0. The van der Waals surface area contributed by atoms with E-state index in [-0.39, 0.29) is 17.9 Å². The molecule has 0 radical (unpaired) electrons. The number of hydrogen-bond acceptors (Lipinski definition) is 9. The minimum absolute atomic E-state index is 0.255. The summed E-state index contributed by atoms with van der Waals surface area (Å²) in [6, 6.07) is 3.76. The Hall–Kier alpha value is -3.34. The fourth-order valence-corrected chi connectivity index (χ4v) is 5.51.